The number of methoxy groups -OCH3 is 2. The molecule has 6 heteroatoms. The molecule has 0 saturated heterocycles. The van der Waals surface area contributed by atoms with E-state index in [1.54, 1.807) is 18.2 Å². The number of hydrogen-bond acceptors (Lipinski definition) is 5. The van der Waals surface area contributed by atoms with Gasteiger partial charge in [0, 0.05) is 5.39 Å². The van der Waals surface area contributed by atoms with Gasteiger partial charge in [0.15, 0.2) is 0 Å². The van der Waals surface area contributed by atoms with Gasteiger partial charge in [0.1, 0.15) is 11.4 Å². The van der Waals surface area contributed by atoms with Crippen LogP contribution in [0.5, 0.6) is 5.75 Å². The Morgan fingerprint density at radius 1 is 1.21 bits per heavy atom. The molecule has 0 bridgehead atoms. The normalized spacial score (nSPS) is 10.2. The van der Waals surface area contributed by atoms with Crippen LogP contribution in [0.25, 0.3) is 10.9 Å². The van der Waals surface area contributed by atoms with E-state index in [0.29, 0.717) is 16.7 Å². The summed E-state index contributed by atoms with van der Waals surface area (Å²) < 4.78 is 9.59. The number of rotatable bonds is 3. The fraction of sp³-hybridized carbons (Fsp3) is 0.154. The number of hydrogen-bond donors (Lipinski definition) is 1. The molecule has 2 rings (SSSR count). The number of aromatic nitrogens is 1. The molecule has 0 amide bonds. The third-order valence-electron chi connectivity index (χ3n) is 2.64. The fourth-order valence-corrected chi connectivity index (χ4v) is 1.72. The van der Waals surface area contributed by atoms with Crippen LogP contribution in [0, 0.1) is 0 Å². The topological polar surface area (TPSA) is 85.7 Å². The maximum Gasteiger partial charge on any atom is 0.356 e. The van der Waals surface area contributed by atoms with Crippen molar-refractivity contribution in [2.75, 3.05) is 14.2 Å². The van der Waals surface area contributed by atoms with E-state index in [4.69, 9.17) is 4.74 Å². The summed E-state index contributed by atoms with van der Waals surface area (Å²) in [4.78, 5) is 26.8. The summed E-state index contributed by atoms with van der Waals surface area (Å²) in [5, 5.41) is 9.61. The molecule has 0 fully saturated rings. The van der Waals surface area contributed by atoms with Gasteiger partial charge < -0.3 is 14.6 Å². The van der Waals surface area contributed by atoms with E-state index in [-0.39, 0.29) is 11.3 Å². The Hall–Kier alpha value is -2.63. The van der Waals surface area contributed by atoms with Gasteiger partial charge in [-0.1, -0.05) is 0 Å². The van der Waals surface area contributed by atoms with Crippen molar-refractivity contribution >= 4 is 22.8 Å². The molecule has 0 atom stereocenters. The number of carbonyl (C=O) groups excluding carboxylic acids is 1. The van der Waals surface area contributed by atoms with E-state index < -0.39 is 11.9 Å². The van der Waals surface area contributed by atoms with E-state index in [1.165, 1.54) is 20.3 Å². The zero-order valence-electron chi connectivity index (χ0n) is 10.3. The third kappa shape index (κ3) is 2.33. The number of carbonyl (C=O) groups is 2. The maximum atomic E-state index is 11.5. The number of ether oxygens (including phenoxy) is 2. The van der Waals surface area contributed by atoms with Gasteiger partial charge in [0.2, 0.25) is 0 Å². The Morgan fingerprint density at radius 3 is 2.53 bits per heavy atom. The number of fused-ring (bicyclic) bond motifs is 1. The van der Waals surface area contributed by atoms with E-state index in [9.17, 15) is 14.7 Å². The first-order valence-corrected chi connectivity index (χ1v) is 5.37. The van der Waals surface area contributed by atoms with Crippen LogP contribution in [0.2, 0.25) is 0 Å². The molecule has 2 aromatic rings. The van der Waals surface area contributed by atoms with Crippen molar-refractivity contribution in [1.29, 1.82) is 0 Å². The number of carboxylic acids is 1. The second-order valence-corrected chi connectivity index (χ2v) is 3.73. The van der Waals surface area contributed by atoms with Crippen LogP contribution >= 0.6 is 0 Å². The summed E-state index contributed by atoms with van der Waals surface area (Å²) in [5.41, 5.74) is 0.322. The maximum absolute atomic E-state index is 11.5. The quantitative estimate of drug-likeness (QED) is 0.847. The second-order valence-electron chi connectivity index (χ2n) is 3.73. The molecule has 1 heterocycles. The summed E-state index contributed by atoms with van der Waals surface area (Å²) in [7, 11) is 2.69. The number of pyridine rings is 1. The molecule has 98 valence electrons. The van der Waals surface area contributed by atoms with Crippen LogP contribution in [0.1, 0.15) is 20.8 Å². The Bertz CT molecular complexity index is 665. The van der Waals surface area contributed by atoms with Crippen molar-refractivity contribution in [2.24, 2.45) is 0 Å². The average molecular weight is 261 g/mol. The Kier molecular flexibility index (Phi) is 3.33. The lowest BCUT2D eigenvalue weighted by atomic mass is 10.1. The van der Waals surface area contributed by atoms with Crippen molar-refractivity contribution < 1.29 is 24.2 Å². The highest BCUT2D eigenvalue weighted by Gasteiger charge is 2.16. The standard InChI is InChI=1S/C13H11NO5/c1-18-7-3-4-10-8(5-7)9(12(15)16)6-11(14-10)13(17)19-2/h3-6H,1-2H3,(H,15,16). The molecule has 0 spiro atoms. The number of aromatic carboxylic acids is 1. The van der Waals surface area contributed by atoms with Gasteiger partial charge >= 0.3 is 11.9 Å². The molecular weight excluding hydrogens is 250 g/mol. The van der Waals surface area contributed by atoms with Crippen LogP contribution in [0.4, 0.5) is 0 Å². The molecular formula is C13H11NO5. The molecule has 1 aromatic heterocycles. The van der Waals surface area contributed by atoms with Gasteiger partial charge in [-0.3, -0.25) is 0 Å². The largest absolute Gasteiger partial charge is 0.497 e. The van der Waals surface area contributed by atoms with Crippen LogP contribution in [0.15, 0.2) is 24.3 Å². The Morgan fingerprint density at radius 2 is 1.95 bits per heavy atom. The van der Waals surface area contributed by atoms with E-state index in [2.05, 4.69) is 9.72 Å². The minimum absolute atomic E-state index is 0.0238. The molecule has 1 aromatic carbocycles. The monoisotopic (exact) mass is 261 g/mol. The van der Waals surface area contributed by atoms with Gasteiger partial charge in [-0.25, -0.2) is 14.6 Å². The first kappa shape index (κ1) is 12.8. The summed E-state index contributed by atoms with van der Waals surface area (Å²) in [6.45, 7) is 0. The first-order chi connectivity index (χ1) is 9.06. The fourth-order valence-electron chi connectivity index (χ4n) is 1.72. The summed E-state index contributed by atoms with van der Waals surface area (Å²) in [6.07, 6.45) is 0. The van der Waals surface area contributed by atoms with Crippen molar-refractivity contribution in [3.05, 3.63) is 35.5 Å². The lowest BCUT2D eigenvalue weighted by Crippen LogP contribution is -2.08. The van der Waals surface area contributed by atoms with Crippen LogP contribution in [-0.2, 0) is 4.74 Å². The molecule has 0 unspecified atom stereocenters. The van der Waals surface area contributed by atoms with Crippen molar-refractivity contribution in [3.63, 3.8) is 0 Å². The number of esters is 1. The predicted molar refractivity (Wildman–Crippen MR) is 66.6 cm³/mol. The lowest BCUT2D eigenvalue weighted by Gasteiger charge is -2.07. The van der Waals surface area contributed by atoms with Crippen LogP contribution < -0.4 is 4.74 Å². The minimum Gasteiger partial charge on any atom is -0.497 e. The molecule has 0 aliphatic carbocycles. The number of nitrogens with zero attached hydrogens (tertiary/aromatic N) is 1. The molecule has 6 nitrogen and oxygen atoms in total. The summed E-state index contributed by atoms with van der Waals surface area (Å²) in [5.74, 6) is -1.31. The molecule has 1 N–H and O–H groups in total. The highest BCUT2D eigenvalue weighted by atomic mass is 16.5. The SMILES string of the molecule is COC(=O)c1cc(C(=O)O)c2cc(OC)ccc2n1. The van der Waals surface area contributed by atoms with Gasteiger partial charge in [-0.15, -0.1) is 0 Å². The van der Waals surface area contributed by atoms with Gasteiger partial charge in [-0.2, -0.15) is 0 Å². The summed E-state index contributed by atoms with van der Waals surface area (Å²) >= 11 is 0. The second kappa shape index (κ2) is 4.93. The zero-order chi connectivity index (χ0) is 14.0. The average Bonchev–Trinajstić information content (AvgIpc) is 2.44. The van der Waals surface area contributed by atoms with E-state index in [1.807, 2.05) is 0 Å². The zero-order valence-corrected chi connectivity index (χ0v) is 10.3. The molecule has 19 heavy (non-hydrogen) atoms. The van der Waals surface area contributed by atoms with Crippen LogP contribution in [-0.4, -0.2) is 36.2 Å². The van der Waals surface area contributed by atoms with Crippen molar-refractivity contribution in [3.8, 4) is 5.75 Å². The Balaban J connectivity index is 2.75. The highest BCUT2D eigenvalue weighted by Crippen LogP contribution is 2.24. The molecule has 0 radical (unpaired) electrons. The smallest absolute Gasteiger partial charge is 0.356 e. The van der Waals surface area contributed by atoms with Gasteiger partial charge in [-0.05, 0) is 24.3 Å². The third-order valence-corrected chi connectivity index (χ3v) is 2.64. The minimum atomic E-state index is -1.15. The van der Waals surface area contributed by atoms with E-state index >= 15 is 0 Å². The first-order valence-electron chi connectivity index (χ1n) is 5.37. The Labute approximate surface area is 108 Å². The summed E-state index contributed by atoms with van der Waals surface area (Å²) in [6, 6.07) is 5.98. The van der Waals surface area contributed by atoms with Crippen molar-refractivity contribution in [1.82, 2.24) is 4.98 Å². The molecule has 0 aliphatic rings. The molecule has 0 saturated carbocycles. The van der Waals surface area contributed by atoms with Crippen LogP contribution in [0.3, 0.4) is 0 Å². The molecule has 0 aliphatic heterocycles. The number of carboxylic acid groups (broad SMARTS) is 1. The number of benzene rings is 1. The van der Waals surface area contributed by atoms with Crippen molar-refractivity contribution in [2.45, 2.75) is 0 Å². The van der Waals surface area contributed by atoms with Gasteiger partial charge in [0.25, 0.3) is 0 Å². The predicted octanol–water partition coefficient (Wildman–Crippen LogP) is 1.73. The van der Waals surface area contributed by atoms with Gasteiger partial charge in [0.05, 0.1) is 25.3 Å². The highest BCUT2D eigenvalue weighted by molar-refractivity contribution is 6.05. The van der Waals surface area contributed by atoms with E-state index in [0.717, 1.165) is 0 Å². The lowest BCUT2D eigenvalue weighted by molar-refractivity contribution is 0.0594.